The van der Waals surface area contributed by atoms with Gasteiger partial charge < -0.3 is 0 Å². The number of halogens is 5. The van der Waals surface area contributed by atoms with Crippen molar-refractivity contribution in [1.82, 2.24) is 4.75 Å². The molecule has 0 N–H and O–H groups in total. The lowest BCUT2D eigenvalue weighted by atomic mass is 11.6. The largest absolute Gasteiger partial charge is 0.461 e. The first kappa shape index (κ1) is 7.96. The van der Waals surface area contributed by atoms with E-state index in [-0.39, 0.29) is 0 Å². The first-order chi connectivity index (χ1) is 3.42. The highest BCUT2D eigenvalue weighted by atomic mass is 32.2. The molecule has 0 bridgehead atoms. The van der Waals surface area contributed by atoms with Gasteiger partial charge in [0.1, 0.15) is 11.9 Å². The van der Waals surface area contributed by atoms with Gasteiger partial charge in [-0.25, -0.2) is 0 Å². The molecule has 0 aromatic rings. The number of alkyl halides is 3. The van der Waals surface area contributed by atoms with E-state index in [1.165, 1.54) is 0 Å². The maximum Gasteiger partial charge on any atom is 0.461 e. The zero-order valence-corrected chi connectivity index (χ0v) is 4.06. The predicted molar refractivity (Wildman–Crippen MR) is 17.7 cm³/mol. The summed E-state index contributed by atoms with van der Waals surface area (Å²) in [6.45, 7) is 0. The van der Waals surface area contributed by atoms with Crippen molar-refractivity contribution in [3.05, 3.63) is 0 Å². The molecule has 0 atom stereocenters. The molecule has 8 heavy (non-hydrogen) atoms. The quantitative estimate of drug-likeness (QED) is 0.323. The molecular weight excluding hydrogens is 153 g/mol. The van der Waals surface area contributed by atoms with Crippen molar-refractivity contribution in [3.63, 3.8) is 0 Å². The standard InChI is InChI=1S/CF5NS/c2-1(3,4)8-7(5)6. The maximum absolute atomic E-state index is 10.7. The highest BCUT2D eigenvalue weighted by Crippen LogP contribution is 2.33. The van der Waals surface area contributed by atoms with Gasteiger partial charge in [-0.1, -0.05) is 8.96 Å². The van der Waals surface area contributed by atoms with E-state index in [2.05, 4.69) is 0 Å². The maximum atomic E-state index is 10.7. The first-order valence-electron chi connectivity index (χ1n) is 1.29. The van der Waals surface area contributed by atoms with E-state index in [1.807, 2.05) is 0 Å². The van der Waals surface area contributed by atoms with Gasteiger partial charge in [0.25, 0.3) is 0 Å². The lowest BCUT2D eigenvalue weighted by Crippen LogP contribution is -2.04. The average molecular weight is 153 g/mol. The van der Waals surface area contributed by atoms with Gasteiger partial charge in [0, 0.05) is 0 Å². The van der Waals surface area contributed by atoms with E-state index >= 15 is 0 Å². The molecule has 0 rings (SSSR count). The molecule has 0 fully saturated rings. The number of hydrogen-bond acceptors (Lipinski definition) is 2. The molecule has 0 heterocycles. The average Bonchev–Trinajstić information content (AvgIpc) is 1.21. The van der Waals surface area contributed by atoms with E-state index in [0.717, 1.165) is 0 Å². The molecule has 0 aromatic carbocycles. The second-order valence-electron chi connectivity index (χ2n) is 0.739. The van der Waals surface area contributed by atoms with E-state index in [0.29, 0.717) is 0 Å². The van der Waals surface area contributed by atoms with E-state index in [9.17, 15) is 22.1 Å². The van der Waals surface area contributed by atoms with Gasteiger partial charge in [-0.3, -0.25) is 0 Å². The van der Waals surface area contributed by atoms with Gasteiger partial charge in [0.05, 0.1) is 4.75 Å². The summed E-state index contributed by atoms with van der Waals surface area (Å²) in [5.74, 6) is 0. The summed E-state index contributed by atoms with van der Waals surface area (Å²) in [4.78, 5) is 0. The Hall–Kier alpha value is -0.0400. The van der Waals surface area contributed by atoms with Gasteiger partial charge in [-0.05, 0) is 0 Å². The Morgan fingerprint density at radius 2 is 1.50 bits per heavy atom. The Morgan fingerprint density at radius 1 is 1.12 bits per heavy atom. The number of rotatable bonds is 1. The van der Waals surface area contributed by atoms with Gasteiger partial charge in [0.2, 0.25) is 0 Å². The molecule has 0 aliphatic rings. The molecule has 0 unspecified atom stereocenters. The lowest BCUT2D eigenvalue weighted by molar-refractivity contribution is -0.0792. The summed E-state index contributed by atoms with van der Waals surface area (Å²) in [5.41, 5.74) is -4.89. The highest BCUT2D eigenvalue weighted by Gasteiger charge is 2.33. The minimum Gasteiger partial charge on any atom is -0.159 e. The van der Waals surface area contributed by atoms with Crippen LogP contribution in [0.5, 0.6) is 0 Å². The summed E-state index contributed by atoms with van der Waals surface area (Å²) < 4.78 is 51.5. The Labute approximate surface area is 45.5 Å². The van der Waals surface area contributed by atoms with Crippen molar-refractivity contribution < 1.29 is 22.1 Å². The summed E-state index contributed by atoms with van der Waals surface area (Å²) >= 11 is -1.49. The number of hydrogen-bond donors (Lipinski definition) is 0. The van der Waals surface area contributed by atoms with Crippen molar-refractivity contribution in [2.45, 2.75) is 5.51 Å². The van der Waals surface area contributed by atoms with Crippen molar-refractivity contribution in [2.24, 2.45) is 0 Å². The lowest BCUT2D eigenvalue weighted by Gasteiger charge is -2.01. The van der Waals surface area contributed by atoms with Crippen LogP contribution >= 0.6 is 11.9 Å². The summed E-state index contributed by atoms with van der Waals surface area (Å²) in [7, 11) is 0. The summed E-state index contributed by atoms with van der Waals surface area (Å²) in [6, 6.07) is 0. The van der Waals surface area contributed by atoms with Gasteiger partial charge >= 0.3 is 5.51 Å². The molecule has 50 valence electrons. The van der Waals surface area contributed by atoms with Crippen molar-refractivity contribution in [3.8, 4) is 0 Å². The van der Waals surface area contributed by atoms with Crippen LogP contribution < -0.4 is 0 Å². The van der Waals surface area contributed by atoms with Crippen LogP contribution in [0.2, 0.25) is 0 Å². The van der Waals surface area contributed by atoms with Gasteiger partial charge in [0.15, 0.2) is 0 Å². The van der Waals surface area contributed by atoms with Crippen LogP contribution in [0.1, 0.15) is 0 Å². The molecule has 0 aliphatic heterocycles. The minimum atomic E-state index is -4.89. The Morgan fingerprint density at radius 3 is 1.50 bits per heavy atom. The third kappa shape index (κ3) is 5.96. The molecule has 7 heteroatoms. The van der Waals surface area contributed by atoms with Crippen LogP contribution in [-0.2, 0) is 0 Å². The smallest absolute Gasteiger partial charge is 0.159 e. The number of nitrogens with zero attached hydrogens (tertiary/aromatic N) is 1. The SMILES string of the molecule is FN(F)SC(F)(F)F. The zero-order chi connectivity index (χ0) is 6.78. The first-order valence-corrected chi connectivity index (χ1v) is 2.07. The fourth-order valence-electron chi connectivity index (χ4n) is 0.0782. The predicted octanol–water partition coefficient (Wildman–Crippen LogP) is 2.23. The molecule has 0 aliphatic carbocycles. The fourth-order valence-corrected chi connectivity index (χ4v) is 0.235. The van der Waals surface area contributed by atoms with Crippen LogP contribution in [0.4, 0.5) is 22.1 Å². The van der Waals surface area contributed by atoms with Crippen molar-refractivity contribution in [2.75, 3.05) is 0 Å². The Balaban J connectivity index is 3.39. The molecular formula is CF5NS. The third-order valence-corrected chi connectivity index (χ3v) is 0.518. The Bertz CT molecular complexity index is 67.3. The zero-order valence-electron chi connectivity index (χ0n) is 3.25. The second-order valence-corrected chi connectivity index (χ2v) is 1.66. The van der Waals surface area contributed by atoms with Gasteiger partial charge in [-0.2, -0.15) is 13.2 Å². The normalized spacial score (nSPS) is 12.8. The minimum absolute atomic E-state index is 1.49. The topological polar surface area (TPSA) is 3.24 Å². The second kappa shape index (κ2) is 2.49. The van der Waals surface area contributed by atoms with Crippen LogP contribution in [0, 0.1) is 0 Å². The van der Waals surface area contributed by atoms with Crippen LogP contribution in [-0.4, -0.2) is 10.3 Å². The van der Waals surface area contributed by atoms with Crippen LogP contribution in [0.25, 0.3) is 0 Å². The molecule has 0 saturated carbocycles. The monoisotopic (exact) mass is 153 g/mol. The molecule has 0 aromatic heterocycles. The Kier molecular flexibility index (Phi) is 2.48. The highest BCUT2D eigenvalue weighted by molar-refractivity contribution is 7.97. The molecule has 0 amide bonds. The van der Waals surface area contributed by atoms with E-state index in [1.54, 1.807) is 0 Å². The van der Waals surface area contributed by atoms with E-state index in [4.69, 9.17) is 0 Å². The molecule has 1 nitrogen and oxygen atoms in total. The van der Waals surface area contributed by atoms with Crippen LogP contribution in [0.3, 0.4) is 0 Å². The van der Waals surface area contributed by atoms with Crippen molar-refractivity contribution in [1.29, 1.82) is 0 Å². The van der Waals surface area contributed by atoms with Crippen molar-refractivity contribution >= 4 is 11.9 Å². The third-order valence-electron chi connectivity index (χ3n) is 0.173. The van der Waals surface area contributed by atoms with Gasteiger partial charge in [-0.15, -0.1) is 0 Å². The molecule has 0 spiro atoms. The fraction of sp³-hybridized carbons (Fsp3) is 1.00. The van der Waals surface area contributed by atoms with Crippen LogP contribution in [0.15, 0.2) is 0 Å². The van der Waals surface area contributed by atoms with E-state index < -0.39 is 22.2 Å². The summed E-state index contributed by atoms with van der Waals surface area (Å²) in [5, 5.41) is 0. The molecule has 0 saturated heterocycles. The summed E-state index contributed by atoms with van der Waals surface area (Å²) in [6.07, 6.45) is 0. The molecule has 0 radical (unpaired) electrons.